The molecule has 2 aromatic carbocycles. The number of hydrogen-bond donors (Lipinski definition) is 1. The summed E-state index contributed by atoms with van der Waals surface area (Å²) in [5.41, 5.74) is 5.73. The highest BCUT2D eigenvalue weighted by molar-refractivity contribution is 6.30. The summed E-state index contributed by atoms with van der Waals surface area (Å²) < 4.78 is 0. The Hall–Kier alpha value is -1.80. The van der Waals surface area contributed by atoms with Gasteiger partial charge in [-0.25, -0.2) is 0 Å². The normalized spacial score (nSPS) is 13.0. The lowest BCUT2D eigenvalue weighted by Crippen LogP contribution is -2.15. The van der Waals surface area contributed by atoms with Crippen LogP contribution in [0.15, 0.2) is 36.4 Å². The minimum absolute atomic E-state index is 0.0124. The lowest BCUT2D eigenvalue weighted by molar-refractivity contribution is -0.115. The van der Waals surface area contributed by atoms with E-state index in [4.69, 9.17) is 11.6 Å². The summed E-state index contributed by atoms with van der Waals surface area (Å²) in [6.45, 7) is 1.94. The number of rotatable bonds is 3. The fourth-order valence-corrected chi connectivity index (χ4v) is 3.11. The van der Waals surface area contributed by atoms with Gasteiger partial charge in [0.2, 0.25) is 5.91 Å². The van der Waals surface area contributed by atoms with Gasteiger partial charge in [0.05, 0.1) is 6.42 Å². The molecule has 3 rings (SSSR count). The lowest BCUT2D eigenvalue weighted by atomic mass is 10.0. The van der Waals surface area contributed by atoms with Gasteiger partial charge in [0, 0.05) is 10.7 Å². The number of nitrogens with one attached hydrogen (secondary N) is 1. The molecule has 0 fully saturated rings. The maximum absolute atomic E-state index is 12.2. The Balaban J connectivity index is 1.69. The van der Waals surface area contributed by atoms with Crippen molar-refractivity contribution in [1.29, 1.82) is 0 Å². The number of fused-ring (bicyclic) bond motifs is 1. The second kappa shape index (κ2) is 5.90. The van der Waals surface area contributed by atoms with Crippen molar-refractivity contribution < 1.29 is 4.79 Å². The first-order valence-electron chi connectivity index (χ1n) is 7.28. The molecule has 21 heavy (non-hydrogen) atoms. The smallest absolute Gasteiger partial charge is 0.228 e. The second-order valence-corrected chi connectivity index (χ2v) is 6.08. The van der Waals surface area contributed by atoms with Gasteiger partial charge in [-0.05, 0) is 66.6 Å². The summed E-state index contributed by atoms with van der Waals surface area (Å²) in [5.74, 6) is 0.0124. The predicted molar refractivity (Wildman–Crippen MR) is 87.0 cm³/mol. The van der Waals surface area contributed by atoms with E-state index in [2.05, 4.69) is 23.5 Å². The first kappa shape index (κ1) is 14.2. The third-order valence-corrected chi connectivity index (χ3v) is 4.23. The van der Waals surface area contributed by atoms with Crippen molar-refractivity contribution in [2.75, 3.05) is 5.32 Å². The van der Waals surface area contributed by atoms with Gasteiger partial charge < -0.3 is 5.32 Å². The number of carbonyl (C=O) groups excluding carboxylic acids is 1. The number of hydrogen-bond acceptors (Lipinski definition) is 1. The van der Waals surface area contributed by atoms with Gasteiger partial charge in [0.25, 0.3) is 0 Å². The zero-order valence-corrected chi connectivity index (χ0v) is 12.8. The van der Waals surface area contributed by atoms with Crippen molar-refractivity contribution in [3.63, 3.8) is 0 Å². The molecule has 1 N–H and O–H groups in total. The largest absolute Gasteiger partial charge is 0.326 e. The first-order valence-corrected chi connectivity index (χ1v) is 7.66. The molecular formula is C18H18ClNO. The Kier molecular flexibility index (Phi) is 3.98. The highest BCUT2D eigenvalue weighted by atomic mass is 35.5. The van der Waals surface area contributed by atoms with Crippen LogP contribution in [0.25, 0.3) is 0 Å². The van der Waals surface area contributed by atoms with E-state index in [1.165, 1.54) is 24.0 Å². The number of aryl methyl sites for hydroxylation is 3. The van der Waals surface area contributed by atoms with Crippen LogP contribution >= 0.6 is 11.6 Å². The fraction of sp³-hybridized carbons (Fsp3) is 0.278. The molecule has 108 valence electrons. The zero-order valence-electron chi connectivity index (χ0n) is 12.1. The molecule has 0 heterocycles. The standard InChI is InChI=1S/C18H18ClNO/c1-12-9-16(19)7-8-17(12)20-18(21)11-13-5-6-14-3-2-4-15(14)10-13/h5-10H,2-4,11H2,1H3,(H,20,21). The average Bonchev–Trinajstić information content (AvgIpc) is 2.89. The van der Waals surface area contributed by atoms with Crippen LogP contribution < -0.4 is 5.32 Å². The molecular weight excluding hydrogens is 282 g/mol. The minimum atomic E-state index is 0.0124. The molecule has 0 spiro atoms. The number of amides is 1. The van der Waals surface area contributed by atoms with Gasteiger partial charge in [0.1, 0.15) is 0 Å². The molecule has 0 radical (unpaired) electrons. The van der Waals surface area contributed by atoms with E-state index in [1.54, 1.807) is 6.07 Å². The molecule has 1 aliphatic rings. The van der Waals surface area contributed by atoms with Gasteiger partial charge in [-0.1, -0.05) is 29.8 Å². The molecule has 0 saturated carbocycles. The Morgan fingerprint density at radius 1 is 1.14 bits per heavy atom. The van der Waals surface area contributed by atoms with Crippen molar-refractivity contribution in [1.82, 2.24) is 0 Å². The van der Waals surface area contributed by atoms with Gasteiger partial charge in [-0.15, -0.1) is 0 Å². The van der Waals surface area contributed by atoms with Crippen LogP contribution in [-0.4, -0.2) is 5.91 Å². The molecule has 1 aliphatic carbocycles. The predicted octanol–water partition coefficient (Wildman–Crippen LogP) is 4.32. The Morgan fingerprint density at radius 2 is 1.95 bits per heavy atom. The van der Waals surface area contributed by atoms with E-state index in [0.29, 0.717) is 11.4 Å². The molecule has 2 nitrogen and oxygen atoms in total. The highest BCUT2D eigenvalue weighted by Gasteiger charge is 2.12. The SMILES string of the molecule is Cc1cc(Cl)ccc1NC(=O)Cc1ccc2c(c1)CCC2. The third-order valence-electron chi connectivity index (χ3n) is 3.99. The van der Waals surface area contributed by atoms with Crippen molar-refractivity contribution in [2.24, 2.45) is 0 Å². The zero-order chi connectivity index (χ0) is 14.8. The van der Waals surface area contributed by atoms with Crippen molar-refractivity contribution >= 4 is 23.2 Å². The molecule has 3 heteroatoms. The van der Waals surface area contributed by atoms with E-state index in [1.807, 2.05) is 19.1 Å². The van der Waals surface area contributed by atoms with E-state index in [9.17, 15) is 4.79 Å². The van der Waals surface area contributed by atoms with Crippen molar-refractivity contribution in [3.05, 3.63) is 63.7 Å². The molecule has 0 aliphatic heterocycles. The van der Waals surface area contributed by atoms with Crippen LogP contribution in [0.4, 0.5) is 5.69 Å². The Labute approximate surface area is 130 Å². The molecule has 0 atom stereocenters. The van der Waals surface area contributed by atoms with Crippen LogP contribution in [-0.2, 0) is 24.1 Å². The molecule has 0 unspecified atom stereocenters. The van der Waals surface area contributed by atoms with Crippen LogP contribution in [0.1, 0.15) is 28.7 Å². The van der Waals surface area contributed by atoms with Gasteiger partial charge in [-0.2, -0.15) is 0 Å². The molecule has 0 aromatic heterocycles. The van der Waals surface area contributed by atoms with Crippen molar-refractivity contribution in [2.45, 2.75) is 32.6 Å². The maximum Gasteiger partial charge on any atom is 0.228 e. The highest BCUT2D eigenvalue weighted by Crippen LogP contribution is 2.23. The van der Waals surface area contributed by atoms with Gasteiger partial charge >= 0.3 is 0 Å². The third kappa shape index (κ3) is 3.27. The number of halogens is 1. The summed E-state index contributed by atoms with van der Waals surface area (Å²) >= 11 is 5.92. The second-order valence-electron chi connectivity index (χ2n) is 5.64. The van der Waals surface area contributed by atoms with E-state index < -0.39 is 0 Å². The van der Waals surface area contributed by atoms with Crippen LogP contribution in [0.5, 0.6) is 0 Å². The van der Waals surface area contributed by atoms with Gasteiger partial charge in [0.15, 0.2) is 0 Å². The molecule has 1 amide bonds. The topological polar surface area (TPSA) is 29.1 Å². The summed E-state index contributed by atoms with van der Waals surface area (Å²) in [6, 6.07) is 11.9. The Morgan fingerprint density at radius 3 is 2.76 bits per heavy atom. The number of anilines is 1. The molecule has 2 aromatic rings. The van der Waals surface area contributed by atoms with Crippen LogP contribution in [0.2, 0.25) is 5.02 Å². The fourth-order valence-electron chi connectivity index (χ4n) is 2.88. The maximum atomic E-state index is 12.2. The monoisotopic (exact) mass is 299 g/mol. The minimum Gasteiger partial charge on any atom is -0.326 e. The summed E-state index contributed by atoms with van der Waals surface area (Å²) in [6.07, 6.45) is 3.96. The van der Waals surface area contributed by atoms with Crippen LogP contribution in [0.3, 0.4) is 0 Å². The quantitative estimate of drug-likeness (QED) is 0.898. The number of carbonyl (C=O) groups is 1. The molecule has 0 bridgehead atoms. The van der Waals surface area contributed by atoms with Gasteiger partial charge in [-0.3, -0.25) is 4.79 Å². The lowest BCUT2D eigenvalue weighted by Gasteiger charge is -2.09. The van der Waals surface area contributed by atoms with E-state index in [0.717, 1.165) is 23.2 Å². The first-order chi connectivity index (χ1) is 10.1. The van der Waals surface area contributed by atoms with Crippen molar-refractivity contribution in [3.8, 4) is 0 Å². The number of benzene rings is 2. The summed E-state index contributed by atoms with van der Waals surface area (Å²) in [7, 11) is 0. The van der Waals surface area contributed by atoms with Crippen LogP contribution in [0, 0.1) is 6.92 Å². The van der Waals surface area contributed by atoms with E-state index >= 15 is 0 Å². The molecule has 0 saturated heterocycles. The Bertz CT molecular complexity index is 694. The summed E-state index contributed by atoms with van der Waals surface area (Å²) in [4.78, 5) is 12.2. The average molecular weight is 300 g/mol. The van der Waals surface area contributed by atoms with E-state index in [-0.39, 0.29) is 5.91 Å². The summed E-state index contributed by atoms with van der Waals surface area (Å²) in [5, 5.41) is 3.64.